The topological polar surface area (TPSA) is 71.2 Å². The van der Waals surface area contributed by atoms with E-state index in [0.717, 1.165) is 13.1 Å². The van der Waals surface area contributed by atoms with Gasteiger partial charge in [-0.3, -0.25) is 15.6 Å². The second kappa shape index (κ2) is 5.82. The van der Waals surface area contributed by atoms with Crippen molar-refractivity contribution in [1.29, 1.82) is 0 Å². The predicted molar refractivity (Wildman–Crippen MR) is 71.0 cm³/mol. The van der Waals surface area contributed by atoms with Crippen LogP contribution in [0.4, 0.5) is 5.69 Å². The molecular weight excluding hydrogens is 228 g/mol. The van der Waals surface area contributed by atoms with Crippen LogP contribution in [-0.2, 0) is 0 Å². The molecule has 3 N–H and O–H groups in total. The smallest absolute Gasteiger partial charge is 0.256 e. The number of nitrogen functional groups attached to an aromatic ring is 1. The number of carbonyl (C=O) groups is 1. The molecule has 0 unspecified atom stereocenters. The number of anilines is 1. The summed E-state index contributed by atoms with van der Waals surface area (Å²) in [5.41, 5.74) is 3.70. The summed E-state index contributed by atoms with van der Waals surface area (Å²) in [5.74, 6) is 6.11. The standard InChI is InChI=1S/C13H20N4O/c1-2-17(9-10-4-3-5-10)13(18)11-6-7-15-8-12(11)16-14/h6-8,10,16H,2-5,9,14H2,1H3. The van der Waals surface area contributed by atoms with Gasteiger partial charge in [0.05, 0.1) is 17.4 Å². The molecule has 0 bridgehead atoms. The van der Waals surface area contributed by atoms with Crippen molar-refractivity contribution in [1.82, 2.24) is 9.88 Å². The zero-order chi connectivity index (χ0) is 13.0. The maximum Gasteiger partial charge on any atom is 0.256 e. The van der Waals surface area contributed by atoms with Crippen molar-refractivity contribution >= 4 is 11.6 Å². The number of hydrogen-bond acceptors (Lipinski definition) is 4. The number of pyridine rings is 1. The summed E-state index contributed by atoms with van der Waals surface area (Å²) in [6, 6.07) is 1.71. The zero-order valence-electron chi connectivity index (χ0n) is 10.7. The van der Waals surface area contributed by atoms with Crippen LogP contribution in [0.1, 0.15) is 36.5 Å². The quantitative estimate of drug-likeness (QED) is 0.613. The van der Waals surface area contributed by atoms with Gasteiger partial charge in [-0.15, -0.1) is 0 Å². The van der Waals surface area contributed by atoms with Crippen LogP contribution in [0, 0.1) is 5.92 Å². The molecule has 1 heterocycles. The molecule has 18 heavy (non-hydrogen) atoms. The van der Waals surface area contributed by atoms with Crippen molar-refractivity contribution in [3.05, 3.63) is 24.0 Å². The number of hydrazine groups is 1. The van der Waals surface area contributed by atoms with Gasteiger partial charge in [0, 0.05) is 19.3 Å². The minimum atomic E-state index is 0.0275. The monoisotopic (exact) mass is 248 g/mol. The number of nitrogens with zero attached hydrogens (tertiary/aromatic N) is 2. The van der Waals surface area contributed by atoms with E-state index in [2.05, 4.69) is 10.4 Å². The van der Waals surface area contributed by atoms with Gasteiger partial charge in [-0.2, -0.15) is 0 Å². The Balaban J connectivity index is 2.11. The number of hydrogen-bond donors (Lipinski definition) is 2. The minimum absolute atomic E-state index is 0.0275. The van der Waals surface area contributed by atoms with Crippen molar-refractivity contribution in [3.8, 4) is 0 Å². The van der Waals surface area contributed by atoms with Crippen LogP contribution in [0.2, 0.25) is 0 Å². The Morgan fingerprint density at radius 2 is 2.39 bits per heavy atom. The Morgan fingerprint density at radius 1 is 1.61 bits per heavy atom. The molecule has 1 aromatic heterocycles. The number of nitrogens with one attached hydrogen (secondary N) is 1. The van der Waals surface area contributed by atoms with E-state index in [9.17, 15) is 4.79 Å². The van der Waals surface area contributed by atoms with Crippen LogP contribution < -0.4 is 11.3 Å². The summed E-state index contributed by atoms with van der Waals surface area (Å²) in [4.78, 5) is 18.3. The fraction of sp³-hybridized carbons (Fsp3) is 0.538. The van der Waals surface area contributed by atoms with Gasteiger partial charge >= 0.3 is 0 Å². The summed E-state index contributed by atoms with van der Waals surface area (Å²) in [5, 5.41) is 0. The number of amides is 1. The van der Waals surface area contributed by atoms with E-state index in [1.807, 2.05) is 11.8 Å². The van der Waals surface area contributed by atoms with Crippen molar-refractivity contribution in [3.63, 3.8) is 0 Å². The van der Waals surface area contributed by atoms with Crippen LogP contribution in [0.15, 0.2) is 18.5 Å². The van der Waals surface area contributed by atoms with Gasteiger partial charge in [-0.05, 0) is 31.7 Å². The minimum Gasteiger partial charge on any atom is -0.339 e. The highest BCUT2D eigenvalue weighted by Gasteiger charge is 2.24. The lowest BCUT2D eigenvalue weighted by atomic mass is 9.85. The van der Waals surface area contributed by atoms with Gasteiger partial charge < -0.3 is 10.3 Å². The second-order valence-electron chi connectivity index (χ2n) is 4.71. The first-order valence-electron chi connectivity index (χ1n) is 6.46. The Kier molecular flexibility index (Phi) is 4.15. The van der Waals surface area contributed by atoms with Crippen LogP contribution in [0.5, 0.6) is 0 Å². The Labute approximate surface area is 107 Å². The average Bonchev–Trinajstić information content (AvgIpc) is 2.37. The molecule has 0 radical (unpaired) electrons. The fourth-order valence-corrected chi connectivity index (χ4v) is 2.21. The molecule has 1 aliphatic carbocycles. The highest BCUT2D eigenvalue weighted by atomic mass is 16.2. The zero-order valence-corrected chi connectivity index (χ0v) is 10.7. The van der Waals surface area contributed by atoms with Crippen LogP contribution in [-0.4, -0.2) is 28.9 Å². The fourth-order valence-electron chi connectivity index (χ4n) is 2.21. The SMILES string of the molecule is CCN(CC1CCC1)C(=O)c1ccncc1NN. The van der Waals surface area contributed by atoms with Crippen molar-refractivity contribution < 1.29 is 4.79 Å². The van der Waals surface area contributed by atoms with E-state index in [-0.39, 0.29) is 5.91 Å². The van der Waals surface area contributed by atoms with Crippen molar-refractivity contribution in [2.24, 2.45) is 11.8 Å². The van der Waals surface area contributed by atoms with Gasteiger partial charge in [-0.1, -0.05) is 6.42 Å². The van der Waals surface area contributed by atoms with E-state index in [1.165, 1.54) is 19.3 Å². The highest BCUT2D eigenvalue weighted by Crippen LogP contribution is 2.27. The lowest BCUT2D eigenvalue weighted by molar-refractivity contribution is 0.0707. The summed E-state index contributed by atoms with van der Waals surface area (Å²) in [7, 11) is 0. The summed E-state index contributed by atoms with van der Waals surface area (Å²) >= 11 is 0. The maximum atomic E-state index is 12.4. The Bertz CT molecular complexity index is 417. The molecule has 1 amide bonds. The molecule has 5 nitrogen and oxygen atoms in total. The molecule has 1 saturated carbocycles. The molecular formula is C13H20N4O. The summed E-state index contributed by atoms with van der Waals surface area (Å²) in [6.45, 7) is 3.58. The molecule has 2 rings (SSSR count). The van der Waals surface area contributed by atoms with Gasteiger partial charge in [0.1, 0.15) is 0 Å². The van der Waals surface area contributed by atoms with E-state index < -0.39 is 0 Å². The molecule has 5 heteroatoms. The third kappa shape index (κ3) is 2.61. The normalized spacial score (nSPS) is 15.0. The molecule has 0 aromatic carbocycles. The van der Waals surface area contributed by atoms with Gasteiger partial charge in [-0.25, -0.2) is 0 Å². The largest absolute Gasteiger partial charge is 0.339 e. The maximum absolute atomic E-state index is 12.4. The molecule has 98 valence electrons. The Hall–Kier alpha value is -1.62. The van der Waals surface area contributed by atoms with Gasteiger partial charge in [0.25, 0.3) is 5.91 Å². The number of aromatic nitrogens is 1. The van der Waals surface area contributed by atoms with Crippen molar-refractivity contribution in [2.75, 3.05) is 18.5 Å². The summed E-state index contributed by atoms with van der Waals surface area (Å²) in [6.07, 6.45) is 6.96. The second-order valence-corrected chi connectivity index (χ2v) is 4.71. The molecule has 1 aromatic rings. The lowest BCUT2D eigenvalue weighted by Crippen LogP contribution is -2.37. The van der Waals surface area contributed by atoms with E-state index >= 15 is 0 Å². The first kappa shape index (κ1) is 12.8. The van der Waals surface area contributed by atoms with E-state index in [1.54, 1.807) is 18.5 Å². The number of rotatable bonds is 5. The third-order valence-corrected chi connectivity index (χ3v) is 3.58. The lowest BCUT2D eigenvalue weighted by Gasteiger charge is -2.32. The van der Waals surface area contributed by atoms with Crippen LogP contribution >= 0.6 is 0 Å². The molecule has 0 atom stereocenters. The first-order chi connectivity index (χ1) is 8.76. The van der Waals surface area contributed by atoms with Crippen LogP contribution in [0.25, 0.3) is 0 Å². The van der Waals surface area contributed by atoms with E-state index in [4.69, 9.17) is 5.84 Å². The third-order valence-electron chi connectivity index (χ3n) is 3.58. The average molecular weight is 248 g/mol. The number of carbonyl (C=O) groups excluding carboxylic acids is 1. The molecule has 1 fully saturated rings. The van der Waals surface area contributed by atoms with Crippen molar-refractivity contribution in [2.45, 2.75) is 26.2 Å². The molecule has 0 saturated heterocycles. The highest BCUT2D eigenvalue weighted by molar-refractivity contribution is 5.99. The molecule has 0 spiro atoms. The number of nitrogens with two attached hydrogens (primary N) is 1. The molecule has 0 aliphatic heterocycles. The van der Waals surface area contributed by atoms with Gasteiger partial charge in [0.15, 0.2) is 0 Å². The van der Waals surface area contributed by atoms with Gasteiger partial charge in [0.2, 0.25) is 0 Å². The molecule has 1 aliphatic rings. The summed E-state index contributed by atoms with van der Waals surface area (Å²) < 4.78 is 0. The predicted octanol–water partition coefficient (Wildman–Crippen LogP) is 1.63. The van der Waals surface area contributed by atoms with E-state index in [0.29, 0.717) is 17.2 Å². The Morgan fingerprint density at radius 3 is 2.94 bits per heavy atom. The first-order valence-corrected chi connectivity index (χ1v) is 6.46. The van der Waals surface area contributed by atoms with Crippen LogP contribution in [0.3, 0.4) is 0 Å².